The van der Waals surface area contributed by atoms with Gasteiger partial charge < -0.3 is 10.0 Å². The lowest BCUT2D eigenvalue weighted by atomic mass is 9.80. The molecular formula is C14H18BrNO2. The topological polar surface area (TPSA) is 40.5 Å². The molecule has 0 spiro atoms. The van der Waals surface area contributed by atoms with E-state index in [1.54, 1.807) is 0 Å². The Bertz CT molecular complexity index is 465. The number of halogens is 1. The Morgan fingerprint density at radius 2 is 2.00 bits per heavy atom. The smallest absolute Gasteiger partial charge is 0.309 e. The van der Waals surface area contributed by atoms with Crippen LogP contribution in [-0.2, 0) is 4.79 Å². The first kappa shape index (κ1) is 13.4. The van der Waals surface area contributed by atoms with Gasteiger partial charge in [0.05, 0.1) is 5.41 Å². The number of hydrogen-bond acceptors (Lipinski definition) is 2. The molecule has 1 N–H and O–H groups in total. The average molecular weight is 312 g/mol. The third-order valence-electron chi connectivity index (χ3n) is 3.89. The van der Waals surface area contributed by atoms with Crippen molar-refractivity contribution in [2.45, 2.75) is 26.7 Å². The second-order valence-corrected chi connectivity index (χ2v) is 6.14. The third-order valence-corrected chi connectivity index (χ3v) is 4.78. The normalized spacial score (nSPS) is 18.7. The summed E-state index contributed by atoms with van der Waals surface area (Å²) >= 11 is 3.49. The summed E-state index contributed by atoms with van der Waals surface area (Å²) in [5, 5.41) is 9.21. The fraction of sp³-hybridized carbons (Fsp3) is 0.500. The van der Waals surface area contributed by atoms with Crippen LogP contribution in [0.15, 0.2) is 22.7 Å². The Morgan fingerprint density at radius 3 is 2.50 bits per heavy atom. The average Bonchev–Trinajstić information content (AvgIpc) is 2.34. The van der Waals surface area contributed by atoms with Crippen LogP contribution >= 0.6 is 15.9 Å². The van der Waals surface area contributed by atoms with E-state index in [9.17, 15) is 9.90 Å². The molecule has 3 nitrogen and oxygen atoms in total. The highest BCUT2D eigenvalue weighted by molar-refractivity contribution is 9.10. The van der Waals surface area contributed by atoms with Gasteiger partial charge >= 0.3 is 5.97 Å². The van der Waals surface area contributed by atoms with Crippen LogP contribution in [0.3, 0.4) is 0 Å². The molecule has 98 valence electrons. The predicted octanol–water partition coefficient (Wildman–Crippen LogP) is 3.45. The zero-order chi connectivity index (χ0) is 13.3. The minimum absolute atomic E-state index is 0.555. The fourth-order valence-corrected chi connectivity index (χ4v) is 2.54. The number of anilines is 1. The Balaban J connectivity index is 2.10. The molecule has 1 fully saturated rings. The van der Waals surface area contributed by atoms with Crippen LogP contribution in [0.4, 0.5) is 5.69 Å². The summed E-state index contributed by atoms with van der Waals surface area (Å²) in [7, 11) is 0. The van der Waals surface area contributed by atoms with Crippen molar-refractivity contribution < 1.29 is 9.90 Å². The first-order chi connectivity index (χ1) is 8.42. The lowest BCUT2D eigenvalue weighted by Crippen LogP contribution is -2.42. The number of benzene rings is 1. The van der Waals surface area contributed by atoms with Crippen LogP contribution in [0.2, 0.25) is 0 Å². The molecular weight excluding hydrogens is 294 g/mol. The van der Waals surface area contributed by atoms with Crippen LogP contribution in [0, 0.1) is 12.3 Å². The Morgan fingerprint density at radius 1 is 1.39 bits per heavy atom. The van der Waals surface area contributed by atoms with E-state index in [0.29, 0.717) is 12.8 Å². The van der Waals surface area contributed by atoms with Crippen LogP contribution < -0.4 is 4.90 Å². The van der Waals surface area contributed by atoms with Gasteiger partial charge in [-0.2, -0.15) is 0 Å². The van der Waals surface area contributed by atoms with E-state index in [1.165, 1.54) is 11.3 Å². The summed E-state index contributed by atoms with van der Waals surface area (Å²) in [5.74, 6) is -0.672. The number of aliphatic carboxylic acids is 1. The molecule has 2 rings (SSSR count). The zero-order valence-corrected chi connectivity index (χ0v) is 12.3. The standard InChI is InChI=1S/C14H18BrNO2/c1-10-9-11(3-4-12(10)15)16-7-5-14(2,6-8-16)13(17)18/h3-4,9H,5-8H2,1-2H3,(H,17,18). The molecule has 0 atom stereocenters. The first-order valence-corrected chi connectivity index (χ1v) is 6.96. The molecule has 1 heterocycles. The molecule has 1 aromatic carbocycles. The second kappa shape index (κ2) is 4.92. The number of carboxylic acid groups (broad SMARTS) is 1. The van der Waals surface area contributed by atoms with E-state index in [2.05, 4.69) is 46.0 Å². The highest BCUT2D eigenvalue weighted by atomic mass is 79.9. The van der Waals surface area contributed by atoms with E-state index in [4.69, 9.17) is 0 Å². The third kappa shape index (κ3) is 2.53. The largest absolute Gasteiger partial charge is 0.481 e. The van der Waals surface area contributed by atoms with Crippen molar-refractivity contribution >= 4 is 27.6 Å². The summed E-state index contributed by atoms with van der Waals surface area (Å²) < 4.78 is 1.11. The van der Waals surface area contributed by atoms with Gasteiger partial charge in [0.2, 0.25) is 0 Å². The van der Waals surface area contributed by atoms with Crippen molar-refractivity contribution in [3.8, 4) is 0 Å². The zero-order valence-electron chi connectivity index (χ0n) is 10.7. The Kier molecular flexibility index (Phi) is 3.66. The Hall–Kier alpha value is -1.03. The van der Waals surface area contributed by atoms with Crippen LogP contribution in [0.1, 0.15) is 25.3 Å². The molecule has 0 bridgehead atoms. The van der Waals surface area contributed by atoms with Crippen molar-refractivity contribution in [2.75, 3.05) is 18.0 Å². The van der Waals surface area contributed by atoms with E-state index < -0.39 is 11.4 Å². The number of carbonyl (C=O) groups is 1. The van der Waals surface area contributed by atoms with Crippen molar-refractivity contribution in [2.24, 2.45) is 5.41 Å². The van der Waals surface area contributed by atoms with Gasteiger partial charge in [0.1, 0.15) is 0 Å². The number of carboxylic acids is 1. The van der Waals surface area contributed by atoms with Crippen molar-refractivity contribution in [3.63, 3.8) is 0 Å². The van der Waals surface area contributed by atoms with E-state index in [1.807, 2.05) is 6.92 Å². The van der Waals surface area contributed by atoms with Gasteiger partial charge in [-0.25, -0.2) is 0 Å². The number of nitrogens with zero attached hydrogens (tertiary/aromatic N) is 1. The molecule has 0 aliphatic carbocycles. The molecule has 4 heteroatoms. The molecule has 1 aromatic rings. The Labute approximate surface area is 116 Å². The van der Waals surface area contributed by atoms with E-state index in [-0.39, 0.29) is 0 Å². The maximum absolute atomic E-state index is 11.2. The number of hydrogen-bond donors (Lipinski definition) is 1. The molecule has 1 saturated heterocycles. The summed E-state index contributed by atoms with van der Waals surface area (Å²) in [6.07, 6.45) is 1.41. The quantitative estimate of drug-likeness (QED) is 0.909. The van der Waals surface area contributed by atoms with Crippen molar-refractivity contribution in [3.05, 3.63) is 28.2 Å². The highest BCUT2D eigenvalue weighted by Gasteiger charge is 2.36. The first-order valence-electron chi connectivity index (χ1n) is 6.17. The molecule has 0 aromatic heterocycles. The summed E-state index contributed by atoms with van der Waals surface area (Å²) in [6.45, 7) is 5.53. The SMILES string of the molecule is Cc1cc(N2CCC(C)(C(=O)O)CC2)ccc1Br. The van der Waals surface area contributed by atoms with Crippen molar-refractivity contribution in [1.82, 2.24) is 0 Å². The van der Waals surface area contributed by atoms with Gasteiger partial charge in [-0.3, -0.25) is 4.79 Å². The van der Waals surface area contributed by atoms with E-state index in [0.717, 1.165) is 17.6 Å². The minimum Gasteiger partial charge on any atom is -0.481 e. The number of rotatable bonds is 2. The number of aryl methyl sites for hydroxylation is 1. The highest BCUT2D eigenvalue weighted by Crippen LogP contribution is 2.34. The minimum atomic E-state index is -0.672. The lowest BCUT2D eigenvalue weighted by Gasteiger charge is -2.37. The van der Waals surface area contributed by atoms with Crippen LogP contribution in [-0.4, -0.2) is 24.2 Å². The maximum Gasteiger partial charge on any atom is 0.309 e. The monoisotopic (exact) mass is 311 g/mol. The summed E-state index contributed by atoms with van der Waals surface area (Å²) in [6, 6.07) is 6.28. The lowest BCUT2D eigenvalue weighted by molar-refractivity contribution is -0.149. The molecule has 0 amide bonds. The summed E-state index contributed by atoms with van der Waals surface area (Å²) in [4.78, 5) is 13.5. The molecule has 1 aliphatic heterocycles. The predicted molar refractivity (Wildman–Crippen MR) is 76.1 cm³/mol. The molecule has 1 aliphatic rings. The van der Waals surface area contributed by atoms with Gasteiger partial charge in [-0.15, -0.1) is 0 Å². The van der Waals surface area contributed by atoms with Gasteiger partial charge in [0.25, 0.3) is 0 Å². The van der Waals surface area contributed by atoms with Gasteiger partial charge in [-0.05, 0) is 50.5 Å². The number of piperidine rings is 1. The molecule has 0 radical (unpaired) electrons. The van der Waals surface area contributed by atoms with Gasteiger partial charge in [0, 0.05) is 23.2 Å². The second-order valence-electron chi connectivity index (χ2n) is 5.29. The fourth-order valence-electron chi connectivity index (χ4n) is 2.30. The molecule has 18 heavy (non-hydrogen) atoms. The maximum atomic E-state index is 11.2. The van der Waals surface area contributed by atoms with Gasteiger partial charge in [0.15, 0.2) is 0 Å². The molecule has 0 saturated carbocycles. The van der Waals surface area contributed by atoms with Gasteiger partial charge in [-0.1, -0.05) is 15.9 Å². The van der Waals surface area contributed by atoms with Crippen LogP contribution in [0.25, 0.3) is 0 Å². The summed E-state index contributed by atoms with van der Waals surface area (Å²) in [5.41, 5.74) is 1.84. The van der Waals surface area contributed by atoms with Crippen molar-refractivity contribution in [1.29, 1.82) is 0 Å². The van der Waals surface area contributed by atoms with E-state index >= 15 is 0 Å². The molecule has 0 unspecified atom stereocenters. The van der Waals surface area contributed by atoms with Crippen LogP contribution in [0.5, 0.6) is 0 Å².